The van der Waals surface area contributed by atoms with E-state index in [1.54, 1.807) is 0 Å². The Morgan fingerprint density at radius 2 is 2.23 bits per heavy atom. The molecule has 0 bridgehead atoms. The number of guanidine groups is 1. The summed E-state index contributed by atoms with van der Waals surface area (Å²) >= 11 is 1.41. The normalized spacial score (nSPS) is 10.8. The first-order valence-corrected chi connectivity index (χ1v) is 7.95. The molecule has 0 aliphatic heterocycles. The van der Waals surface area contributed by atoms with Crippen molar-refractivity contribution in [1.82, 2.24) is 9.88 Å². The van der Waals surface area contributed by atoms with E-state index in [0.29, 0.717) is 5.13 Å². The highest BCUT2D eigenvalue weighted by Crippen LogP contribution is 2.27. The number of hydrogen-bond donors (Lipinski definition) is 3. The largest absolute Gasteiger partial charge is 0.370 e. The summed E-state index contributed by atoms with van der Waals surface area (Å²) < 4.78 is 0. The van der Waals surface area contributed by atoms with Crippen molar-refractivity contribution < 1.29 is 0 Å². The summed E-state index contributed by atoms with van der Waals surface area (Å²) in [5.74, 6) is -0.113. The van der Waals surface area contributed by atoms with Crippen molar-refractivity contribution in [2.45, 2.75) is 13.8 Å². The highest BCUT2D eigenvalue weighted by molar-refractivity contribution is 7.14. The average Bonchev–Trinajstić information content (AvgIpc) is 2.96. The molecule has 0 amide bonds. The van der Waals surface area contributed by atoms with Crippen LogP contribution in [0.2, 0.25) is 0 Å². The minimum absolute atomic E-state index is 0.113. The number of rotatable bonds is 6. The van der Waals surface area contributed by atoms with Gasteiger partial charge in [0.25, 0.3) is 0 Å². The minimum atomic E-state index is -0.113. The monoisotopic (exact) mass is 316 g/mol. The van der Waals surface area contributed by atoms with Crippen LogP contribution in [0.15, 0.2) is 34.6 Å². The van der Waals surface area contributed by atoms with Gasteiger partial charge in [0.05, 0.1) is 17.7 Å². The third-order valence-corrected chi connectivity index (χ3v) is 3.83. The van der Waals surface area contributed by atoms with Gasteiger partial charge in [0, 0.05) is 24.0 Å². The second kappa shape index (κ2) is 7.56. The van der Waals surface area contributed by atoms with Gasteiger partial charge in [-0.15, -0.1) is 11.3 Å². The van der Waals surface area contributed by atoms with Crippen LogP contribution in [-0.2, 0) is 0 Å². The Kier molecular flexibility index (Phi) is 5.48. The maximum Gasteiger partial charge on any atom is 0.192 e. The molecular weight excluding hydrogens is 296 g/mol. The lowest BCUT2D eigenvalue weighted by Gasteiger charge is -2.13. The fourth-order valence-corrected chi connectivity index (χ4v) is 2.59. The number of benzene rings is 1. The Labute approximate surface area is 134 Å². The summed E-state index contributed by atoms with van der Waals surface area (Å²) in [4.78, 5) is 11.0. The molecule has 1 aromatic heterocycles. The molecule has 116 valence electrons. The van der Waals surface area contributed by atoms with Gasteiger partial charge in [-0.05, 0) is 26.0 Å². The molecule has 0 radical (unpaired) electrons. The second-order valence-electron chi connectivity index (χ2n) is 4.59. The highest BCUT2D eigenvalue weighted by Gasteiger charge is 2.05. The van der Waals surface area contributed by atoms with Crippen molar-refractivity contribution in [3.63, 3.8) is 0 Å². The number of nitrogens with zero attached hydrogens (tertiary/aromatic N) is 3. The van der Waals surface area contributed by atoms with Gasteiger partial charge < -0.3 is 16.0 Å². The van der Waals surface area contributed by atoms with Crippen LogP contribution in [-0.4, -0.2) is 35.3 Å². The average molecular weight is 316 g/mol. The molecule has 2 rings (SSSR count). The van der Waals surface area contributed by atoms with E-state index in [-0.39, 0.29) is 5.96 Å². The smallest absolute Gasteiger partial charge is 0.192 e. The van der Waals surface area contributed by atoms with Gasteiger partial charge in [0.1, 0.15) is 0 Å². The summed E-state index contributed by atoms with van der Waals surface area (Å²) in [6.45, 7) is 6.08. The van der Waals surface area contributed by atoms with E-state index >= 15 is 0 Å². The molecule has 0 saturated heterocycles. The number of aliphatic imine (C=N–C) groups is 1. The van der Waals surface area contributed by atoms with E-state index in [2.05, 4.69) is 34.0 Å². The molecule has 22 heavy (non-hydrogen) atoms. The van der Waals surface area contributed by atoms with Crippen molar-refractivity contribution in [2.24, 2.45) is 10.7 Å². The molecule has 0 unspecified atom stereocenters. The first-order chi connectivity index (χ1) is 10.6. The lowest BCUT2D eigenvalue weighted by atomic mass is 10.1. The van der Waals surface area contributed by atoms with E-state index in [1.165, 1.54) is 11.3 Å². The highest BCUT2D eigenvalue weighted by atomic mass is 32.1. The first kappa shape index (κ1) is 16.0. The number of thiazole rings is 1. The topological polar surface area (TPSA) is 90.4 Å². The van der Waals surface area contributed by atoms with Crippen LogP contribution in [0.4, 0.5) is 10.8 Å². The molecule has 0 atom stereocenters. The number of aromatic nitrogens is 1. The van der Waals surface area contributed by atoms with Crippen LogP contribution in [0, 0.1) is 5.41 Å². The quantitative estimate of drug-likeness (QED) is 0.564. The number of nitrogens with two attached hydrogens (primary N) is 1. The van der Waals surface area contributed by atoms with Crippen molar-refractivity contribution >= 4 is 34.5 Å². The van der Waals surface area contributed by atoms with Gasteiger partial charge in [-0.2, -0.15) is 0 Å². The van der Waals surface area contributed by atoms with Crippen molar-refractivity contribution in [2.75, 3.05) is 18.4 Å². The maximum absolute atomic E-state index is 7.22. The molecule has 1 heterocycles. The number of nitrogens with one attached hydrogen (secondary N) is 2. The summed E-state index contributed by atoms with van der Waals surface area (Å²) in [7, 11) is 0. The minimum Gasteiger partial charge on any atom is -0.370 e. The van der Waals surface area contributed by atoms with Gasteiger partial charge in [-0.25, -0.2) is 9.98 Å². The molecule has 7 heteroatoms. The van der Waals surface area contributed by atoms with Gasteiger partial charge in [0.15, 0.2) is 11.1 Å². The molecule has 0 aliphatic carbocycles. The van der Waals surface area contributed by atoms with Crippen LogP contribution in [0.1, 0.15) is 13.8 Å². The SMILES string of the molecule is CCN(C=Nc1cccc(-c2csc(NC(=N)N)n2)c1)CC. The van der Waals surface area contributed by atoms with E-state index in [9.17, 15) is 0 Å². The summed E-state index contributed by atoms with van der Waals surface area (Å²) in [5, 5.41) is 12.5. The zero-order valence-electron chi connectivity index (χ0n) is 12.7. The Hall–Kier alpha value is -2.41. The number of hydrogen-bond acceptors (Lipinski definition) is 4. The molecule has 0 saturated carbocycles. The van der Waals surface area contributed by atoms with Crippen LogP contribution < -0.4 is 11.1 Å². The summed E-state index contributed by atoms with van der Waals surface area (Å²) in [6, 6.07) is 7.90. The Morgan fingerprint density at radius 3 is 2.91 bits per heavy atom. The van der Waals surface area contributed by atoms with Crippen molar-refractivity contribution in [3.05, 3.63) is 29.6 Å². The second-order valence-corrected chi connectivity index (χ2v) is 5.45. The molecule has 0 spiro atoms. The van der Waals surface area contributed by atoms with Gasteiger partial charge >= 0.3 is 0 Å². The zero-order chi connectivity index (χ0) is 15.9. The first-order valence-electron chi connectivity index (χ1n) is 7.07. The molecule has 0 aliphatic rings. The Bertz CT molecular complexity index is 660. The predicted octanol–water partition coefficient (Wildman–Crippen LogP) is 3.12. The van der Waals surface area contributed by atoms with Crippen LogP contribution in [0.5, 0.6) is 0 Å². The molecular formula is C15H20N6S. The third kappa shape index (κ3) is 4.29. The van der Waals surface area contributed by atoms with Gasteiger partial charge in [-0.3, -0.25) is 5.41 Å². The molecule has 6 nitrogen and oxygen atoms in total. The van der Waals surface area contributed by atoms with E-state index in [4.69, 9.17) is 11.1 Å². The Morgan fingerprint density at radius 1 is 1.45 bits per heavy atom. The molecule has 0 fully saturated rings. The lowest BCUT2D eigenvalue weighted by Crippen LogP contribution is -2.20. The third-order valence-electron chi connectivity index (χ3n) is 3.07. The molecule has 1 aromatic carbocycles. The molecule has 2 aromatic rings. The van der Waals surface area contributed by atoms with Crippen LogP contribution in [0.25, 0.3) is 11.3 Å². The molecule has 4 N–H and O–H groups in total. The number of anilines is 1. The van der Waals surface area contributed by atoms with Crippen molar-refractivity contribution in [1.29, 1.82) is 5.41 Å². The van der Waals surface area contributed by atoms with E-state index < -0.39 is 0 Å². The fraction of sp³-hybridized carbons (Fsp3) is 0.267. The standard InChI is InChI=1S/C15H20N6S/c1-3-21(4-2)10-18-12-7-5-6-11(8-12)13-9-22-15(19-13)20-14(16)17/h5-10H,3-4H2,1-2H3,(H4,16,17,19,20). The van der Waals surface area contributed by atoms with Gasteiger partial charge in [-0.1, -0.05) is 12.1 Å². The Balaban J connectivity index is 2.17. The van der Waals surface area contributed by atoms with Crippen LogP contribution in [0.3, 0.4) is 0 Å². The fourth-order valence-electron chi connectivity index (χ4n) is 1.86. The zero-order valence-corrected chi connectivity index (χ0v) is 13.5. The van der Waals surface area contributed by atoms with Gasteiger partial charge in [0.2, 0.25) is 0 Å². The lowest BCUT2D eigenvalue weighted by molar-refractivity contribution is 0.480. The summed E-state index contributed by atoms with van der Waals surface area (Å²) in [5.41, 5.74) is 8.02. The predicted molar refractivity (Wildman–Crippen MR) is 94.2 cm³/mol. The summed E-state index contributed by atoms with van der Waals surface area (Å²) in [6.07, 6.45) is 1.86. The maximum atomic E-state index is 7.22. The van der Waals surface area contributed by atoms with E-state index in [0.717, 1.165) is 30.0 Å². The van der Waals surface area contributed by atoms with E-state index in [1.807, 2.05) is 36.0 Å². The van der Waals surface area contributed by atoms with Crippen molar-refractivity contribution in [3.8, 4) is 11.3 Å². The van der Waals surface area contributed by atoms with Crippen LogP contribution >= 0.6 is 11.3 Å².